The zero-order valence-corrected chi connectivity index (χ0v) is 13.5. The number of hydrogen-bond donors (Lipinski definition) is 1. The van der Waals surface area contributed by atoms with Crippen molar-refractivity contribution in [2.45, 2.75) is 25.0 Å². The van der Waals surface area contributed by atoms with Gasteiger partial charge in [-0.1, -0.05) is 12.1 Å². The molecule has 0 radical (unpaired) electrons. The molecule has 2 atom stereocenters. The van der Waals surface area contributed by atoms with Crippen LogP contribution < -0.4 is 5.32 Å². The van der Waals surface area contributed by atoms with Gasteiger partial charge in [-0.2, -0.15) is 0 Å². The minimum absolute atomic E-state index is 0.0133. The maximum Gasteiger partial charge on any atom is 0.240 e. The van der Waals surface area contributed by atoms with Crippen molar-refractivity contribution in [1.82, 2.24) is 10.2 Å². The fraction of sp³-hybridized carbons (Fsp3) is 0.500. The number of nitrogens with zero attached hydrogens (tertiary/aromatic N) is 1. The normalized spacial score (nSPS) is 22.4. The molecule has 0 aliphatic carbocycles. The first-order valence-electron chi connectivity index (χ1n) is 7.65. The van der Waals surface area contributed by atoms with Crippen LogP contribution in [0.25, 0.3) is 0 Å². The van der Waals surface area contributed by atoms with E-state index in [2.05, 4.69) is 5.32 Å². The highest BCUT2D eigenvalue weighted by atomic mass is 32.2. The topological polar surface area (TPSA) is 58.6 Å². The zero-order valence-electron chi connectivity index (χ0n) is 12.7. The minimum atomic E-state index is -0.323. The standard InChI is InChI=1S/C16H19FN2O3S/c17-12-5-3-11(4-6-12)16(13-2-1-7-22-13)18-14(20)8-19-10-23-9-15(19)21/h3-6,13,16H,1-2,7-10H2,(H,18,20)/t13-,16+/m1/s1. The Balaban J connectivity index is 1.69. The number of carbonyl (C=O) groups is 2. The molecule has 0 aromatic heterocycles. The fourth-order valence-electron chi connectivity index (χ4n) is 2.86. The molecule has 124 valence electrons. The molecular formula is C16H19FN2O3S. The Labute approximate surface area is 138 Å². The summed E-state index contributed by atoms with van der Waals surface area (Å²) < 4.78 is 18.8. The van der Waals surface area contributed by atoms with Crippen LogP contribution in [0.3, 0.4) is 0 Å². The van der Waals surface area contributed by atoms with Crippen molar-refractivity contribution in [1.29, 1.82) is 0 Å². The average molecular weight is 338 g/mol. The van der Waals surface area contributed by atoms with Crippen LogP contribution in [0.5, 0.6) is 0 Å². The van der Waals surface area contributed by atoms with E-state index in [0.717, 1.165) is 18.4 Å². The molecule has 2 aliphatic heterocycles. The summed E-state index contributed by atoms with van der Waals surface area (Å²) in [5, 5.41) is 2.95. The third kappa shape index (κ3) is 4.03. The van der Waals surface area contributed by atoms with Crippen molar-refractivity contribution >= 4 is 23.6 Å². The van der Waals surface area contributed by atoms with Crippen LogP contribution in [-0.2, 0) is 14.3 Å². The van der Waals surface area contributed by atoms with E-state index in [1.54, 1.807) is 12.1 Å². The van der Waals surface area contributed by atoms with Gasteiger partial charge in [0.05, 0.1) is 23.8 Å². The van der Waals surface area contributed by atoms with E-state index >= 15 is 0 Å². The molecule has 0 bridgehead atoms. The van der Waals surface area contributed by atoms with Crippen LogP contribution in [0.2, 0.25) is 0 Å². The summed E-state index contributed by atoms with van der Waals surface area (Å²) in [4.78, 5) is 25.5. The number of ether oxygens (including phenoxy) is 1. The van der Waals surface area contributed by atoms with Crippen LogP contribution in [-0.4, -0.2) is 47.6 Å². The van der Waals surface area contributed by atoms with Gasteiger partial charge in [0.25, 0.3) is 0 Å². The third-order valence-electron chi connectivity index (χ3n) is 4.04. The van der Waals surface area contributed by atoms with Gasteiger partial charge >= 0.3 is 0 Å². The van der Waals surface area contributed by atoms with Crippen molar-refractivity contribution in [2.24, 2.45) is 0 Å². The van der Waals surface area contributed by atoms with Crippen molar-refractivity contribution < 1.29 is 18.7 Å². The molecule has 0 saturated carbocycles. The van der Waals surface area contributed by atoms with Crippen LogP contribution in [0.15, 0.2) is 24.3 Å². The first kappa shape index (κ1) is 16.3. The summed E-state index contributed by atoms with van der Waals surface area (Å²) in [5.41, 5.74) is 0.814. The number of carbonyl (C=O) groups excluding carboxylic acids is 2. The van der Waals surface area contributed by atoms with Crippen molar-refractivity contribution in [3.63, 3.8) is 0 Å². The highest BCUT2D eigenvalue weighted by Gasteiger charge is 2.30. The Bertz CT molecular complexity index is 575. The van der Waals surface area contributed by atoms with E-state index < -0.39 is 0 Å². The molecule has 1 aromatic carbocycles. The number of amides is 2. The Morgan fingerprint density at radius 2 is 2.22 bits per heavy atom. The molecule has 23 heavy (non-hydrogen) atoms. The van der Waals surface area contributed by atoms with E-state index in [-0.39, 0.29) is 36.3 Å². The molecular weight excluding hydrogens is 319 g/mol. The van der Waals surface area contributed by atoms with Crippen LogP contribution in [0.1, 0.15) is 24.4 Å². The molecule has 2 heterocycles. The molecule has 7 heteroatoms. The highest BCUT2D eigenvalue weighted by molar-refractivity contribution is 8.00. The first-order chi connectivity index (χ1) is 11.1. The smallest absolute Gasteiger partial charge is 0.240 e. The van der Waals surface area contributed by atoms with Gasteiger partial charge in [0.1, 0.15) is 12.4 Å². The van der Waals surface area contributed by atoms with E-state index in [4.69, 9.17) is 4.74 Å². The summed E-state index contributed by atoms with van der Waals surface area (Å²) >= 11 is 1.50. The summed E-state index contributed by atoms with van der Waals surface area (Å²) in [6.07, 6.45) is 1.67. The van der Waals surface area contributed by atoms with Crippen LogP contribution in [0.4, 0.5) is 4.39 Å². The maximum atomic E-state index is 13.1. The van der Waals surface area contributed by atoms with Crippen molar-refractivity contribution in [3.8, 4) is 0 Å². The van der Waals surface area contributed by atoms with E-state index in [1.807, 2.05) is 0 Å². The maximum absolute atomic E-state index is 13.1. The number of thioether (sulfide) groups is 1. The van der Waals surface area contributed by atoms with Gasteiger partial charge < -0.3 is 15.0 Å². The molecule has 3 rings (SSSR count). The zero-order chi connectivity index (χ0) is 16.2. The van der Waals surface area contributed by atoms with Gasteiger partial charge in [0, 0.05) is 6.61 Å². The molecule has 2 saturated heterocycles. The quantitative estimate of drug-likeness (QED) is 0.888. The van der Waals surface area contributed by atoms with E-state index in [0.29, 0.717) is 18.2 Å². The lowest BCUT2D eigenvalue weighted by Crippen LogP contribution is -2.42. The Kier molecular flexibility index (Phi) is 5.17. The molecule has 5 nitrogen and oxygen atoms in total. The molecule has 2 amide bonds. The van der Waals surface area contributed by atoms with E-state index in [1.165, 1.54) is 28.8 Å². The monoisotopic (exact) mass is 338 g/mol. The predicted octanol–water partition coefficient (Wildman–Crippen LogP) is 1.69. The van der Waals surface area contributed by atoms with Gasteiger partial charge in [-0.15, -0.1) is 11.8 Å². The molecule has 0 unspecified atom stereocenters. The number of nitrogens with one attached hydrogen (secondary N) is 1. The van der Waals surface area contributed by atoms with Crippen molar-refractivity contribution in [3.05, 3.63) is 35.6 Å². The average Bonchev–Trinajstić information content (AvgIpc) is 3.19. The Hall–Kier alpha value is -1.60. The van der Waals surface area contributed by atoms with Crippen molar-refractivity contribution in [2.75, 3.05) is 24.8 Å². The molecule has 2 fully saturated rings. The summed E-state index contributed by atoms with van der Waals surface area (Å²) in [5.74, 6) is 0.436. The lowest BCUT2D eigenvalue weighted by Gasteiger charge is -2.26. The second kappa shape index (κ2) is 7.31. The minimum Gasteiger partial charge on any atom is -0.376 e. The predicted molar refractivity (Wildman–Crippen MR) is 85.3 cm³/mol. The molecule has 2 aliphatic rings. The lowest BCUT2D eigenvalue weighted by molar-refractivity contribution is -0.133. The number of rotatable bonds is 5. The summed E-state index contributed by atoms with van der Waals surface area (Å²) in [7, 11) is 0. The number of halogens is 1. The lowest BCUT2D eigenvalue weighted by atomic mass is 9.99. The fourth-order valence-corrected chi connectivity index (χ4v) is 3.76. The van der Waals surface area contributed by atoms with Gasteiger partial charge in [0.15, 0.2) is 0 Å². The van der Waals surface area contributed by atoms with Gasteiger partial charge in [-0.3, -0.25) is 9.59 Å². The second-order valence-corrected chi connectivity index (χ2v) is 6.67. The summed E-state index contributed by atoms with van der Waals surface area (Å²) in [6.45, 7) is 0.718. The first-order valence-corrected chi connectivity index (χ1v) is 8.81. The summed E-state index contributed by atoms with van der Waals surface area (Å²) in [6, 6.07) is 5.77. The second-order valence-electron chi connectivity index (χ2n) is 5.72. The van der Waals surface area contributed by atoms with Crippen LogP contribution in [0, 0.1) is 5.82 Å². The Morgan fingerprint density at radius 3 is 2.83 bits per heavy atom. The van der Waals surface area contributed by atoms with Crippen LogP contribution >= 0.6 is 11.8 Å². The molecule has 1 N–H and O–H groups in total. The Morgan fingerprint density at radius 1 is 1.43 bits per heavy atom. The number of benzene rings is 1. The van der Waals surface area contributed by atoms with E-state index in [9.17, 15) is 14.0 Å². The SMILES string of the molecule is O=C(CN1CSCC1=O)N[C@@H](c1ccc(F)cc1)[C@H]1CCCO1. The van der Waals surface area contributed by atoms with Gasteiger partial charge in [-0.25, -0.2) is 4.39 Å². The largest absolute Gasteiger partial charge is 0.376 e. The van der Waals surface area contributed by atoms with Gasteiger partial charge in [0.2, 0.25) is 11.8 Å². The molecule has 1 aromatic rings. The molecule has 0 spiro atoms. The third-order valence-corrected chi connectivity index (χ3v) is 4.99. The number of hydrogen-bond acceptors (Lipinski definition) is 4. The van der Waals surface area contributed by atoms with Gasteiger partial charge in [-0.05, 0) is 30.5 Å². The highest BCUT2D eigenvalue weighted by Crippen LogP contribution is 2.27.